The van der Waals surface area contributed by atoms with E-state index < -0.39 is 14.8 Å². The van der Waals surface area contributed by atoms with Gasteiger partial charge in [-0.15, -0.1) is 0 Å². The maximum atomic E-state index is 11.9. The highest BCUT2D eigenvalue weighted by Gasteiger charge is 2.61. The summed E-state index contributed by atoms with van der Waals surface area (Å²) in [5, 5.41) is 0.764. The summed E-state index contributed by atoms with van der Waals surface area (Å²) < 4.78 is 23.7. The van der Waals surface area contributed by atoms with Crippen LogP contribution in [0.25, 0.3) is 0 Å². The average Bonchev–Trinajstić information content (AvgIpc) is 2.15. The van der Waals surface area contributed by atoms with Crippen LogP contribution in [0.3, 0.4) is 0 Å². The normalized spacial score (nSPS) is 29.4. The van der Waals surface area contributed by atoms with Crippen molar-refractivity contribution in [1.29, 1.82) is 0 Å². The molecule has 0 radical (unpaired) electrons. The molecular weight excluding hydrogens is 294 g/mol. The first kappa shape index (κ1) is 12.4. The van der Waals surface area contributed by atoms with Crippen molar-refractivity contribution in [3.05, 3.63) is 0 Å². The topological polar surface area (TPSA) is 54.5 Å². The molecule has 1 aliphatic heterocycles. The summed E-state index contributed by atoms with van der Waals surface area (Å²) in [7, 11) is -3.41. The lowest BCUT2D eigenvalue weighted by atomic mass is 9.70. The minimum Gasteiger partial charge on any atom is -0.272 e. The van der Waals surface area contributed by atoms with Gasteiger partial charge in [-0.05, 0) is 32.1 Å². The predicted molar refractivity (Wildman–Crippen MR) is 64.8 cm³/mol. The minimum absolute atomic E-state index is 0.0147. The predicted octanol–water partition coefficient (Wildman–Crippen LogP) is 1.50. The third-order valence-electron chi connectivity index (χ3n) is 3.85. The number of hydrogen-bond acceptors (Lipinski definition) is 3. The maximum Gasteiger partial charge on any atom is 0.258 e. The van der Waals surface area contributed by atoms with Crippen molar-refractivity contribution in [3.8, 4) is 0 Å². The Morgan fingerprint density at radius 2 is 1.94 bits per heavy atom. The van der Waals surface area contributed by atoms with Crippen LogP contribution in [0.4, 0.5) is 0 Å². The number of alkyl halides is 1. The van der Waals surface area contributed by atoms with Crippen LogP contribution in [0.5, 0.6) is 0 Å². The number of halogens is 1. The summed E-state index contributed by atoms with van der Waals surface area (Å²) in [6.07, 6.45) is 3.12. The molecule has 0 unspecified atom stereocenters. The van der Waals surface area contributed by atoms with Gasteiger partial charge in [0.25, 0.3) is 15.9 Å². The molecule has 0 aromatic heterocycles. The molecule has 0 spiro atoms. The molecule has 2 rings (SSSR count). The fourth-order valence-electron chi connectivity index (χ4n) is 2.23. The van der Waals surface area contributed by atoms with Crippen LogP contribution in [0.1, 0.15) is 33.1 Å². The number of amides is 1. The van der Waals surface area contributed by atoms with Gasteiger partial charge in [-0.2, -0.15) is 0 Å². The molecule has 0 atom stereocenters. The zero-order valence-electron chi connectivity index (χ0n) is 9.49. The number of rotatable bonds is 3. The summed E-state index contributed by atoms with van der Waals surface area (Å²) in [5.41, 5.74) is -0.0147. The summed E-state index contributed by atoms with van der Waals surface area (Å²) >= 11 is 3.42. The first-order valence-corrected chi connectivity index (χ1v) is 7.96. The summed E-state index contributed by atoms with van der Waals surface area (Å²) in [4.78, 5) is 11.8. The van der Waals surface area contributed by atoms with Gasteiger partial charge in [0.1, 0.15) is 0 Å². The van der Waals surface area contributed by atoms with E-state index in [2.05, 4.69) is 15.9 Å². The van der Waals surface area contributed by atoms with Crippen LogP contribution in [-0.4, -0.2) is 35.3 Å². The maximum absolute atomic E-state index is 11.9. The van der Waals surface area contributed by atoms with Crippen molar-refractivity contribution < 1.29 is 13.2 Å². The van der Waals surface area contributed by atoms with E-state index in [0.717, 1.165) is 28.9 Å². The fraction of sp³-hybridized carbons (Fsp3) is 0.900. The van der Waals surface area contributed by atoms with Gasteiger partial charge in [-0.1, -0.05) is 22.4 Å². The van der Waals surface area contributed by atoms with Crippen molar-refractivity contribution in [2.75, 3.05) is 11.9 Å². The quantitative estimate of drug-likeness (QED) is 0.742. The van der Waals surface area contributed by atoms with Crippen molar-refractivity contribution in [2.45, 2.75) is 37.9 Å². The smallest absolute Gasteiger partial charge is 0.258 e. The molecule has 0 aromatic carbocycles. The first-order chi connectivity index (χ1) is 7.27. The number of sulfonamides is 1. The second kappa shape index (κ2) is 3.45. The molecule has 4 nitrogen and oxygen atoms in total. The molecule has 1 amide bonds. The Morgan fingerprint density at radius 3 is 2.25 bits per heavy atom. The van der Waals surface area contributed by atoms with E-state index in [1.807, 2.05) is 0 Å². The van der Waals surface area contributed by atoms with Gasteiger partial charge in [0, 0.05) is 11.9 Å². The second-order valence-corrected chi connectivity index (χ2v) is 8.29. The third-order valence-corrected chi connectivity index (χ3v) is 7.38. The van der Waals surface area contributed by atoms with E-state index in [1.54, 1.807) is 0 Å². The molecule has 0 aromatic rings. The number of hydrogen-bond donors (Lipinski definition) is 0. The van der Waals surface area contributed by atoms with Crippen molar-refractivity contribution >= 4 is 31.9 Å². The average molecular weight is 310 g/mol. The van der Waals surface area contributed by atoms with Gasteiger partial charge < -0.3 is 0 Å². The molecule has 92 valence electrons. The Kier molecular flexibility index (Phi) is 2.66. The van der Waals surface area contributed by atoms with E-state index in [9.17, 15) is 13.2 Å². The molecule has 1 aliphatic carbocycles. The molecule has 1 heterocycles. The molecule has 2 fully saturated rings. The standard InChI is InChI=1S/C10H16BrNO3S/c1-9(2)8(13)12(16(9,14)15)7-10(6-11)4-3-5-10/h3-7H2,1-2H3. The van der Waals surface area contributed by atoms with Crippen LogP contribution in [0.15, 0.2) is 0 Å². The minimum atomic E-state index is -3.41. The van der Waals surface area contributed by atoms with E-state index >= 15 is 0 Å². The van der Waals surface area contributed by atoms with Crippen molar-refractivity contribution in [3.63, 3.8) is 0 Å². The number of nitrogens with zero attached hydrogens (tertiary/aromatic N) is 1. The van der Waals surface area contributed by atoms with Gasteiger partial charge in [-0.3, -0.25) is 4.79 Å². The van der Waals surface area contributed by atoms with Crippen LogP contribution in [-0.2, 0) is 14.8 Å². The largest absolute Gasteiger partial charge is 0.272 e. The van der Waals surface area contributed by atoms with Gasteiger partial charge in [0.05, 0.1) is 0 Å². The van der Waals surface area contributed by atoms with Gasteiger partial charge in [0.15, 0.2) is 4.75 Å². The fourth-order valence-corrected chi connectivity index (χ4v) is 4.61. The molecule has 16 heavy (non-hydrogen) atoms. The SMILES string of the molecule is CC1(C)C(=O)N(CC2(CBr)CCC2)S1(=O)=O. The molecule has 0 N–H and O–H groups in total. The third kappa shape index (κ3) is 1.38. The lowest BCUT2D eigenvalue weighted by molar-refractivity contribution is -0.134. The van der Waals surface area contributed by atoms with E-state index in [-0.39, 0.29) is 11.3 Å². The van der Waals surface area contributed by atoms with E-state index in [1.165, 1.54) is 13.8 Å². The van der Waals surface area contributed by atoms with Gasteiger partial charge in [0.2, 0.25) is 0 Å². The zero-order valence-corrected chi connectivity index (χ0v) is 11.9. The van der Waals surface area contributed by atoms with E-state index in [0.29, 0.717) is 6.54 Å². The molecular formula is C10H16BrNO3S. The second-order valence-electron chi connectivity index (χ2n) is 5.31. The Labute approximate surface area is 105 Å². The van der Waals surface area contributed by atoms with Crippen molar-refractivity contribution in [2.24, 2.45) is 5.41 Å². The summed E-state index contributed by atoms with van der Waals surface area (Å²) in [5.74, 6) is -0.264. The lowest BCUT2D eigenvalue weighted by Gasteiger charge is -2.50. The van der Waals surface area contributed by atoms with Crippen LogP contribution < -0.4 is 0 Å². The highest BCUT2D eigenvalue weighted by Crippen LogP contribution is 2.46. The Bertz CT molecular complexity index is 420. The molecule has 1 saturated carbocycles. The highest BCUT2D eigenvalue weighted by atomic mass is 79.9. The van der Waals surface area contributed by atoms with Crippen LogP contribution in [0.2, 0.25) is 0 Å². The van der Waals surface area contributed by atoms with Crippen LogP contribution >= 0.6 is 15.9 Å². The Hall–Kier alpha value is -0.100. The highest BCUT2D eigenvalue weighted by molar-refractivity contribution is 9.09. The lowest BCUT2D eigenvalue weighted by Crippen LogP contribution is -2.69. The monoisotopic (exact) mass is 309 g/mol. The first-order valence-electron chi connectivity index (χ1n) is 5.40. The number of carbonyl (C=O) groups is 1. The van der Waals surface area contributed by atoms with Crippen molar-refractivity contribution in [1.82, 2.24) is 4.31 Å². The zero-order chi connectivity index (χ0) is 12.2. The summed E-state index contributed by atoms with van der Waals surface area (Å²) in [6.45, 7) is 3.30. The Morgan fingerprint density at radius 1 is 1.38 bits per heavy atom. The Balaban J connectivity index is 2.17. The molecule has 1 saturated heterocycles. The molecule has 6 heteroatoms. The van der Waals surface area contributed by atoms with Gasteiger partial charge in [-0.25, -0.2) is 12.7 Å². The van der Waals surface area contributed by atoms with Gasteiger partial charge >= 0.3 is 0 Å². The van der Waals surface area contributed by atoms with Crippen LogP contribution in [0, 0.1) is 5.41 Å². The molecule has 0 bridgehead atoms. The van der Waals surface area contributed by atoms with E-state index in [4.69, 9.17) is 0 Å². The number of carbonyl (C=O) groups excluding carboxylic acids is 1. The summed E-state index contributed by atoms with van der Waals surface area (Å²) in [6, 6.07) is 0. The molecule has 2 aliphatic rings.